The first kappa shape index (κ1) is 19.9. The van der Waals surface area contributed by atoms with Crippen molar-refractivity contribution in [1.29, 1.82) is 0 Å². The van der Waals surface area contributed by atoms with Gasteiger partial charge in [-0.05, 0) is 73.5 Å². The molecule has 7 aromatic rings. The molecule has 0 saturated carbocycles. The highest BCUT2D eigenvalue weighted by atomic mass is 16.3. The van der Waals surface area contributed by atoms with Gasteiger partial charge in [-0.25, -0.2) is 4.98 Å². The first-order valence-corrected chi connectivity index (χ1v) is 11.7. The Labute approximate surface area is 201 Å². The zero-order valence-electron chi connectivity index (χ0n) is 19.4. The van der Waals surface area contributed by atoms with Crippen LogP contribution in [0, 0.1) is 13.8 Å². The molecule has 0 N–H and O–H groups in total. The molecule has 4 nitrogen and oxygen atoms in total. The molecule has 166 valence electrons. The number of para-hydroxylation sites is 1. The number of benzene rings is 3. The van der Waals surface area contributed by atoms with Crippen LogP contribution in [0.5, 0.6) is 0 Å². The standard InChI is InChI=1S/C31H21N3O/c1-18-7-9-23-16-21(11-13-27(23)33-18)22-14-15-32-28(17-22)26-5-3-4-24-25-12-10-20-8-6-19(2)34-29(20)31(25)35-30(24)26/h3-17H,1-2H3. The van der Waals surface area contributed by atoms with Gasteiger partial charge in [-0.2, -0.15) is 0 Å². The van der Waals surface area contributed by atoms with Gasteiger partial charge in [0.15, 0.2) is 5.58 Å². The van der Waals surface area contributed by atoms with Crippen LogP contribution < -0.4 is 0 Å². The molecule has 0 radical (unpaired) electrons. The molecule has 0 amide bonds. The van der Waals surface area contributed by atoms with E-state index in [1.165, 1.54) is 0 Å². The lowest BCUT2D eigenvalue weighted by molar-refractivity contribution is 0.672. The summed E-state index contributed by atoms with van der Waals surface area (Å²) >= 11 is 0. The minimum Gasteiger partial charge on any atom is -0.453 e. The van der Waals surface area contributed by atoms with E-state index >= 15 is 0 Å². The van der Waals surface area contributed by atoms with Crippen molar-refractivity contribution < 1.29 is 4.42 Å². The number of aromatic nitrogens is 3. The number of fused-ring (bicyclic) bond motifs is 6. The third-order valence-electron chi connectivity index (χ3n) is 6.66. The molecule has 4 heterocycles. The smallest absolute Gasteiger partial charge is 0.161 e. The van der Waals surface area contributed by atoms with Gasteiger partial charge < -0.3 is 4.42 Å². The zero-order chi connectivity index (χ0) is 23.5. The van der Waals surface area contributed by atoms with E-state index in [9.17, 15) is 0 Å². The van der Waals surface area contributed by atoms with Crippen LogP contribution in [0.25, 0.3) is 66.1 Å². The van der Waals surface area contributed by atoms with E-state index < -0.39 is 0 Å². The third kappa shape index (κ3) is 3.18. The lowest BCUT2D eigenvalue weighted by atomic mass is 10.0. The molecule has 0 aliphatic heterocycles. The van der Waals surface area contributed by atoms with Gasteiger partial charge in [-0.15, -0.1) is 0 Å². The summed E-state index contributed by atoms with van der Waals surface area (Å²) in [4.78, 5) is 14.1. The van der Waals surface area contributed by atoms with Gasteiger partial charge in [0.1, 0.15) is 11.1 Å². The summed E-state index contributed by atoms with van der Waals surface area (Å²) in [6, 6.07) is 29.3. The number of aryl methyl sites for hydroxylation is 2. The molecule has 3 aromatic carbocycles. The van der Waals surface area contributed by atoms with Crippen LogP contribution in [-0.4, -0.2) is 15.0 Å². The van der Waals surface area contributed by atoms with E-state index in [1.807, 2.05) is 38.2 Å². The Morgan fingerprint density at radius 2 is 1.40 bits per heavy atom. The van der Waals surface area contributed by atoms with Crippen LogP contribution in [0.3, 0.4) is 0 Å². The number of hydrogen-bond acceptors (Lipinski definition) is 4. The maximum atomic E-state index is 6.51. The summed E-state index contributed by atoms with van der Waals surface area (Å²) in [6.07, 6.45) is 1.87. The maximum absolute atomic E-state index is 6.51. The van der Waals surface area contributed by atoms with Crippen LogP contribution in [0.4, 0.5) is 0 Å². The van der Waals surface area contributed by atoms with Crippen LogP contribution in [0.15, 0.2) is 95.5 Å². The van der Waals surface area contributed by atoms with Gasteiger partial charge in [0, 0.05) is 44.7 Å². The van der Waals surface area contributed by atoms with Gasteiger partial charge >= 0.3 is 0 Å². The Balaban J connectivity index is 1.41. The predicted molar refractivity (Wildman–Crippen MR) is 142 cm³/mol. The van der Waals surface area contributed by atoms with E-state index in [-0.39, 0.29) is 0 Å². The summed E-state index contributed by atoms with van der Waals surface area (Å²) in [5, 5.41) is 4.34. The molecule has 0 aliphatic rings. The number of nitrogens with zero attached hydrogens (tertiary/aromatic N) is 3. The maximum Gasteiger partial charge on any atom is 0.161 e. The van der Waals surface area contributed by atoms with Gasteiger partial charge in [0.05, 0.1) is 11.2 Å². The monoisotopic (exact) mass is 451 g/mol. The van der Waals surface area contributed by atoms with Gasteiger partial charge in [-0.3, -0.25) is 9.97 Å². The average Bonchev–Trinajstić information content (AvgIpc) is 3.28. The van der Waals surface area contributed by atoms with E-state index in [0.29, 0.717) is 0 Å². The zero-order valence-corrected chi connectivity index (χ0v) is 19.4. The van der Waals surface area contributed by atoms with E-state index in [0.717, 1.165) is 77.5 Å². The Bertz CT molecular complexity index is 1930. The van der Waals surface area contributed by atoms with Crippen LogP contribution >= 0.6 is 0 Å². The Kier molecular flexibility index (Phi) is 4.24. The molecule has 0 unspecified atom stereocenters. The van der Waals surface area contributed by atoms with Crippen LogP contribution in [0.2, 0.25) is 0 Å². The normalized spacial score (nSPS) is 11.7. The van der Waals surface area contributed by atoms with Crippen molar-refractivity contribution in [3.63, 3.8) is 0 Å². The summed E-state index contributed by atoms with van der Waals surface area (Å²) in [7, 11) is 0. The highest BCUT2D eigenvalue weighted by Gasteiger charge is 2.16. The molecule has 7 rings (SSSR count). The summed E-state index contributed by atoms with van der Waals surface area (Å²) in [5.74, 6) is 0. The minimum absolute atomic E-state index is 0.821. The van der Waals surface area contributed by atoms with Crippen molar-refractivity contribution in [3.05, 3.63) is 103 Å². The quantitative estimate of drug-likeness (QED) is 0.267. The second kappa shape index (κ2) is 7.47. The minimum atomic E-state index is 0.821. The number of rotatable bonds is 2. The lowest BCUT2D eigenvalue weighted by Crippen LogP contribution is -1.87. The van der Waals surface area contributed by atoms with E-state index in [2.05, 4.69) is 71.7 Å². The fourth-order valence-corrected chi connectivity index (χ4v) is 4.90. The molecule has 35 heavy (non-hydrogen) atoms. The second-order valence-electron chi connectivity index (χ2n) is 9.04. The number of hydrogen-bond donors (Lipinski definition) is 0. The molecule has 0 aliphatic carbocycles. The van der Waals surface area contributed by atoms with Crippen molar-refractivity contribution in [1.82, 2.24) is 15.0 Å². The molecule has 4 aromatic heterocycles. The first-order valence-electron chi connectivity index (χ1n) is 11.7. The van der Waals surface area contributed by atoms with Crippen molar-refractivity contribution in [3.8, 4) is 22.4 Å². The van der Waals surface area contributed by atoms with Crippen molar-refractivity contribution in [2.24, 2.45) is 0 Å². The Hall–Kier alpha value is -4.57. The fourth-order valence-electron chi connectivity index (χ4n) is 4.90. The summed E-state index contributed by atoms with van der Waals surface area (Å²) in [6.45, 7) is 4.02. The average molecular weight is 452 g/mol. The lowest BCUT2D eigenvalue weighted by Gasteiger charge is -2.07. The van der Waals surface area contributed by atoms with E-state index in [4.69, 9.17) is 14.4 Å². The van der Waals surface area contributed by atoms with Crippen molar-refractivity contribution in [2.75, 3.05) is 0 Å². The molecule has 0 spiro atoms. The van der Waals surface area contributed by atoms with Crippen molar-refractivity contribution in [2.45, 2.75) is 13.8 Å². The SMILES string of the molecule is Cc1ccc2cc(-c3ccnc(-c4cccc5c4oc4c5ccc5ccc(C)nc54)c3)ccc2n1. The summed E-state index contributed by atoms with van der Waals surface area (Å²) < 4.78 is 6.51. The molecule has 0 bridgehead atoms. The second-order valence-corrected chi connectivity index (χ2v) is 9.04. The largest absolute Gasteiger partial charge is 0.453 e. The Morgan fingerprint density at radius 3 is 2.31 bits per heavy atom. The third-order valence-corrected chi connectivity index (χ3v) is 6.66. The van der Waals surface area contributed by atoms with Crippen molar-refractivity contribution >= 4 is 43.7 Å². The molecule has 0 fully saturated rings. The highest BCUT2D eigenvalue weighted by molar-refractivity contribution is 6.16. The summed E-state index contributed by atoms with van der Waals surface area (Å²) in [5.41, 5.74) is 9.64. The number of furan rings is 1. The van der Waals surface area contributed by atoms with Gasteiger partial charge in [0.25, 0.3) is 0 Å². The molecular weight excluding hydrogens is 430 g/mol. The number of pyridine rings is 3. The predicted octanol–water partition coefficient (Wildman–Crippen LogP) is 8.03. The molecule has 0 atom stereocenters. The van der Waals surface area contributed by atoms with E-state index in [1.54, 1.807) is 0 Å². The first-order chi connectivity index (χ1) is 17.1. The van der Waals surface area contributed by atoms with Gasteiger partial charge in [-0.1, -0.05) is 36.4 Å². The molecule has 0 saturated heterocycles. The fraction of sp³-hybridized carbons (Fsp3) is 0.0645. The van der Waals surface area contributed by atoms with Crippen LogP contribution in [0.1, 0.15) is 11.4 Å². The highest BCUT2D eigenvalue weighted by Crippen LogP contribution is 2.38. The van der Waals surface area contributed by atoms with Gasteiger partial charge in [0.2, 0.25) is 0 Å². The Morgan fingerprint density at radius 1 is 0.629 bits per heavy atom. The van der Waals surface area contributed by atoms with Crippen LogP contribution in [-0.2, 0) is 0 Å². The molecule has 4 heteroatoms. The topological polar surface area (TPSA) is 51.8 Å². The molecular formula is C31H21N3O.